The summed E-state index contributed by atoms with van der Waals surface area (Å²) < 4.78 is 0. The van der Waals surface area contributed by atoms with Crippen molar-refractivity contribution < 1.29 is 0 Å². The maximum absolute atomic E-state index is 6.46. The molecule has 1 aliphatic rings. The standard InChI is InChI=1S/C16H25ClN2/c1-4-10-18-12(2)13-8-9-16(15(17)11-13)19(3)14-6-5-7-14/h8-9,11-12,14,18H,4-7,10H2,1-3H3. The van der Waals surface area contributed by atoms with Crippen LogP contribution in [0.15, 0.2) is 18.2 Å². The molecule has 3 heteroatoms. The summed E-state index contributed by atoms with van der Waals surface area (Å²) in [6.07, 6.45) is 5.09. The lowest BCUT2D eigenvalue weighted by atomic mass is 9.91. The summed E-state index contributed by atoms with van der Waals surface area (Å²) in [7, 11) is 2.16. The molecule has 1 unspecified atom stereocenters. The van der Waals surface area contributed by atoms with Gasteiger partial charge in [0.2, 0.25) is 0 Å². The number of benzene rings is 1. The highest BCUT2D eigenvalue weighted by atomic mass is 35.5. The Bertz CT molecular complexity index is 415. The monoisotopic (exact) mass is 280 g/mol. The Balaban J connectivity index is 2.07. The van der Waals surface area contributed by atoms with Gasteiger partial charge >= 0.3 is 0 Å². The average Bonchev–Trinajstić information content (AvgIpc) is 2.33. The molecule has 106 valence electrons. The number of hydrogen-bond acceptors (Lipinski definition) is 2. The van der Waals surface area contributed by atoms with E-state index >= 15 is 0 Å². The van der Waals surface area contributed by atoms with Gasteiger partial charge in [0, 0.05) is 19.1 Å². The second-order valence-electron chi connectivity index (χ2n) is 5.58. The SMILES string of the molecule is CCCNC(C)c1ccc(N(C)C2CCC2)c(Cl)c1. The van der Waals surface area contributed by atoms with Crippen LogP contribution in [0.25, 0.3) is 0 Å². The van der Waals surface area contributed by atoms with Crippen molar-refractivity contribution in [2.45, 2.75) is 51.6 Å². The fraction of sp³-hybridized carbons (Fsp3) is 0.625. The molecule has 0 radical (unpaired) electrons. The quantitative estimate of drug-likeness (QED) is 0.831. The highest BCUT2D eigenvalue weighted by Gasteiger charge is 2.23. The van der Waals surface area contributed by atoms with Gasteiger partial charge in [0.1, 0.15) is 0 Å². The molecule has 0 heterocycles. The fourth-order valence-corrected chi connectivity index (χ4v) is 2.85. The number of anilines is 1. The molecule has 1 saturated carbocycles. The van der Waals surface area contributed by atoms with Crippen LogP contribution in [0.2, 0.25) is 5.02 Å². The van der Waals surface area contributed by atoms with E-state index in [9.17, 15) is 0 Å². The topological polar surface area (TPSA) is 15.3 Å². The molecule has 1 fully saturated rings. The second kappa shape index (κ2) is 6.62. The third kappa shape index (κ3) is 3.43. The number of hydrogen-bond donors (Lipinski definition) is 1. The van der Waals surface area contributed by atoms with Crippen molar-refractivity contribution in [1.29, 1.82) is 0 Å². The zero-order valence-corrected chi connectivity index (χ0v) is 13.0. The Morgan fingerprint density at radius 1 is 1.42 bits per heavy atom. The molecule has 1 aromatic carbocycles. The van der Waals surface area contributed by atoms with E-state index in [1.54, 1.807) is 0 Å². The van der Waals surface area contributed by atoms with E-state index in [1.165, 1.54) is 24.8 Å². The van der Waals surface area contributed by atoms with Crippen LogP contribution in [-0.4, -0.2) is 19.6 Å². The van der Waals surface area contributed by atoms with Crippen molar-refractivity contribution in [3.8, 4) is 0 Å². The summed E-state index contributed by atoms with van der Waals surface area (Å²) in [5.74, 6) is 0. The molecule has 1 atom stereocenters. The lowest BCUT2D eigenvalue weighted by molar-refractivity contribution is 0.401. The van der Waals surface area contributed by atoms with Crippen molar-refractivity contribution in [3.05, 3.63) is 28.8 Å². The lowest BCUT2D eigenvalue weighted by Gasteiger charge is -2.37. The normalized spacial score (nSPS) is 17.1. The van der Waals surface area contributed by atoms with Crippen molar-refractivity contribution in [2.24, 2.45) is 0 Å². The van der Waals surface area contributed by atoms with Crippen LogP contribution < -0.4 is 10.2 Å². The molecule has 0 saturated heterocycles. The first-order chi connectivity index (χ1) is 9.13. The predicted molar refractivity (Wildman–Crippen MR) is 84.2 cm³/mol. The summed E-state index contributed by atoms with van der Waals surface area (Å²) in [5.41, 5.74) is 2.43. The van der Waals surface area contributed by atoms with Gasteiger partial charge < -0.3 is 10.2 Å². The number of nitrogens with zero attached hydrogens (tertiary/aromatic N) is 1. The maximum Gasteiger partial charge on any atom is 0.0642 e. The number of halogens is 1. The smallest absolute Gasteiger partial charge is 0.0642 e. The van der Waals surface area contributed by atoms with Gasteiger partial charge in [0.15, 0.2) is 0 Å². The Kier molecular flexibility index (Phi) is 5.12. The van der Waals surface area contributed by atoms with E-state index < -0.39 is 0 Å². The summed E-state index contributed by atoms with van der Waals surface area (Å²) in [5, 5.41) is 4.37. The van der Waals surface area contributed by atoms with Crippen LogP contribution in [0.1, 0.15) is 51.1 Å². The molecule has 1 N–H and O–H groups in total. The van der Waals surface area contributed by atoms with Crippen molar-refractivity contribution in [1.82, 2.24) is 5.32 Å². The third-order valence-corrected chi connectivity index (χ3v) is 4.48. The Morgan fingerprint density at radius 2 is 2.16 bits per heavy atom. The van der Waals surface area contributed by atoms with Gasteiger partial charge in [0.05, 0.1) is 10.7 Å². The van der Waals surface area contributed by atoms with Gasteiger partial charge in [-0.1, -0.05) is 24.6 Å². The van der Waals surface area contributed by atoms with Gasteiger partial charge in [-0.05, 0) is 56.8 Å². The average molecular weight is 281 g/mol. The molecule has 0 amide bonds. The predicted octanol–water partition coefficient (Wildman–Crippen LogP) is 4.39. The highest BCUT2D eigenvalue weighted by molar-refractivity contribution is 6.33. The molecule has 0 spiro atoms. The molecule has 1 aliphatic carbocycles. The molecular formula is C16H25ClN2. The van der Waals surface area contributed by atoms with Gasteiger partial charge in [-0.3, -0.25) is 0 Å². The van der Waals surface area contributed by atoms with Crippen LogP contribution in [-0.2, 0) is 0 Å². The van der Waals surface area contributed by atoms with E-state index in [4.69, 9.17) is 11.6 Å². The minimum Gasteiger partial charge on any atom is -0.370 e. The summed E-state index contributed by atoms with van der Waals surface area (Å²) in [4.78, 5) is 2.33. The summed E-state index contributed by atoms with van der Waals surface area (Å²) >= 11 is 6.46. The Morgan fingerprint density at radius 3 is 2.68 bits per heavy atom. The van der Waals surface area contributed by atoms with Gasteiger partial charge in [-0.15, -0.1) is 0 Å². The molecule has 2 nitrogen and oxygen atoms in total. The molecule has 19 heavy (non-hydrogen) atoms. The fourth-order valence-electron chi connectivity index (χ4n) is 2.53. The van der Waals surface area contributed by atoms with E-state index in [1.807, 2.05) is 0 Å². The first-order valence-electron chi connectivity index (χ1n) is 7.39. The van der Waals surface area contributed by atoms with Gasteiger partial charge in [0.25, 0.3) is 0 Å². The van der Waals surface area contributed by atoms with Crippen molar-refractivity contribution in [2.75, 3.05) is 18.5 Å². The minimum absolute atomic E-state index is 0.362. The molecule has 1 aromatic rings. The second-order valence-corrected chi connectivity index (χ2v) is 5.99. The maximum atomic E-state index is 6.46. The molecule has 2 rings (SSSR count). The molecular weight excluding hydrogens is 256 g/mol. The zero-order chi connectivity index (χ0) is 13.8. The Hall–Kier alpha value is -0.730. The highest BCUT2D eigenvalue weighted by Crippen LogP contribution is 2.34. The van der Waals surface area contributed by atoms with Crippen molar-refractivity contribution >= 4 is 17.3 Å². The van der Waals surface area contributed by atoms with E-state index in [-0.39, 0.29) is 0 Å². The minimum atomic E-state index is 0.362. The lowest BCUT2D eigenvalue weighted by Crippen LogP contribution is -2.37. The molecule has 0 bridgehead atoms. The summed E-state index contributed by atoms with van der Waals surface area (Å²) in [6.45, 7) is 5.42. The summed E-state index contributed by atoms with van der Waals surface area (Å²) in [6, 6.07) is 7.52. The van der Waals surface area contributed by atoms with Crippen LogP contribution in [0.4, 0.5) is 5.69 Å². The molecule has 0 aliphatic heterocycles. The van der Waals surface area contributed by atoms with E-state index in [0.29, 0.717) is 12.1 Å². The van der Waals surface area contributed by atoms with Crippen LogP contribution in [0.5, 0.6) is 0 Å². The Labute approximate surface area is 122 Å². The van der Waals surface area contributed by atoms with Crippen LogP contribution in [0, 0.1) is 0 Å². The largest absolute Gasteiger partial charge is 0.370 e. The zero-order valence-electron chi connectivity index (χ0n) is 12.2. The number of rotatable bonds is 6. The van der Waals surface area contributed by atoms with Crippen LogP contribution in [0.3, 0.4) is 0 Å². The van der Waals surface area contributed by atoms with Gasteiger partial charge in [-0.25, -0.2) is 0 Å². The van der Waals surface area contributed by atoms with E-state index in [2.05, 4.69) is 49.3 Å². The van der Waals surface area contributed by atoms with Crippen molar-refractivity contribution in [3.63, 3.8) is 0 Å². The first-order valence-corrected chi connectivity index (χ1v) is 7.77. The first kappa shape index (κ1) is 14.7. The molecule has 0 aromatic heterocycles. The third-order valence-electron chi connectivity index (χ3n) is 4.17. The van der Waals surface area contributed by atoms with Crippen LogP contribution >= 0.6 is 11.6 Å². The number of nitrogens with one attached hydrogen (secondary N) is 1. The van der Waals surface area contributed by atoms with Gasteiger partial charge in [-0.2, -0.15) is 0 Å². The van der Waals surface area contributed by atoms with E-state index in [0.717, 1.165) is 23.7 Å².